The summed E-state index contributed by atoms with van der Waals surface area (Å²) < 4.78 is 10.4. The summed E-state index contributed by atoms with van der Waals surface area (Å²) in [6.45, 7) is -0.323. The number of hydrogen-bond donors (Lipinski definition) is 2. The molecule has 2 N–H and O–H groups in total. The lowest BCUT2D eigenvalue weighted by atomic mass is 10.1. The van der Waals surface area contributed by atoms with E-state index in [0.717, 1.165) is 12.8 Å². The monoisotopic (exact) mass is 318 g/mol. The van der Waals surface area contributed by atoms with E-state index >= 15 is 0 Å². The van der Waals surface area contributed by atoms with Crippen LogP contribution in [-0.2, 0) is 9.59 Å². The second-order valence-electron chi connectivity index (χ2n) is 5.40. The van der Waals surface area contributed by atoms with Crippen molar-refractivity contribution in [3.05, 3.63) is 23.8 Å². The van der Waals surface area contributed by atoms with Gasteiger partial charge < -0.3 is 19.9 Å². The third kappa shape index (κ3) is 4.88. The number of carboxylic acid groups (broad SMARTS) is 1. The van der Waals surface area contributed by atoms with Gasteiger partial charge >= 0.3 is 5.97 Å². The summed E-state index contributed by atoms with van der Waals surface area (Å²) in [5.41, 5.74) is 0.411. The fourth-order valence-electron chi connectivity index (χ4n) is 2.14. The van der Waals surface area contributed by atoms with Gasteiger partial charge in [-0.3, -0.25) is 4.79 Å². The highest BCUT2D eigenvalue weighted by Gasteiger charge is 2.30. The van der Waals surface area contributed by atoms with Crippen LogP contribution >= 0.6 is 0 Å². The minimum atomic E-state index is -1.04. The van der Waals surface area contributed by atoms with E-state index in [0.29, 0.717) is 29.4 Å². The average Bonchev–Trinajstić information content (AvgIpc) is 3.36. The number of methoxy groups -OCH3 is 1. The molecule has 7 heteroatoms. The van der Waals surface area contributed by atoms with Crippen molar-refractivity contribution >= 4 is 11.9 Å². The number of amides is 1. The molecular weight excluding hydrogens is 300 g/mol. The van der Waals surface area contributed by atoms with E-state index < -0.39 is 17.9 Å². The van der Waals surface area contributed by atoms with Gasteiger partial charge in [0.15, 0.2) is 18.1 Å². The van der Waals surface area contributed by atoms with E-state index in [2.05, 4.69) is 5.32 Å². The van der Waals surface area contributed by atoms with Crippen LogP contribution in [0.25, 0.3) is 0 Å². The quantitative estimate of drug-likeness (QED) is 0.748. The average molecular weight is 318 g/mol. The first-order chi connectivity index (χ1) is 11.0. The molecule has 1 aromatic carbocycles. The topological polar surface area (TPSA) is 109 Å². The van der Waals surface area contributed by atoms with Crippen molar-refractivity contribution in [2.24, 2.45) is 5.92 Å². The molecule has 1 unspecified atom stereocenters. The SMILES string of the molecule is COc1cc(C#N)ccc1OCC(=O)NC(CC1CC1)C(=O)O. The molecule has 0 aliphatic heterocycles. The van der Waals surface area contributed by atoms with Crippen LogP contribution in [-0.4, -0.2) is 36.7 Å². The smallest absolute Gasteiger partial charge is 0.326 e. The van der Waals surface area contributed by atoms with Crippen molar-refractivity contribution in [1.29, 1.82) is 5.26 Å². The number of nitriles is 1. The number of nitrogens with zero attached hydrogens (tertiary/aromatic N) is 1. The third-order valence-electron chi connectivity index (χ3n) is 3.55. The lowest BCUT2D eigenvalue weighted by molar-refractivity contribution is -0.142. The molecule has 2 rings (SSSR count). The van der Waals surface area contributed by atoms with Crippen LogP contribution in [0.1, 0.15) is 24.8 Å². The molecule has 0 heterocycles. The Bertz CT molecular complexity index is 634. The molecule has 7 nitrogen and oxygen atoms in total. The van der Waals surface area contributed by atoms with Gasteiger partial charge in [0.1, 0.15) is 6.04 Å². The van der Waals surface area contributed by atoms with E-state index in [4.69, 9.17) is 19.8 Å². The summed E-state index contributed by atoms with van der Waals surface area (Å²) in [7, 11) is 1.43. The number of carboxylic acids is 1. The van der Waals surface area contributed by atoms with Crippen LogP contribution in [0.15, 0.2) is 18.2 Å². The van der Waals surface area contributed by atoms with Crippen LogP contribution in [0.2, 0.25) is 0 Å². The van der Waals surface area contributed by atoms with Gasteiger partial charge in [0.2, 0.25) is 0 Å². The molecule has 1 atom stereocenters. The van der Waals surface area contributed by atoms with Gasteiger partial charge in [-0.15, -0.1) is 0 Å². The zero-order valence-corrected chi connectivity index (χ0v) is 12.7. The maximum atomic E-state index is 11.9. The van der Waals surface area contributed by atoms with E-state index in [9.17, 15) is 9.59 Å². The number of carbonyl (C=O) groups is 2. The fourth-order valence-corrected chi connectivity index (χ4v) is 2.14. The molecule has 0 saturated heterocycles. The third-order valence-corrected chi connectivity index (χ3v) is 3.55. The van der Waals surface area contributed by atoms with Crippen molar-refractivity contribution in [1.82, 2.24) is 5.32 Å². The summed E-state index contributed by atoms with van der Waals surface area (Å²) in [6.07, 6.45) is 2.47. The fraction of sp³-hybridized carbons (Fsp3) is 0.438. The van der Waals surface area contributed by atoms with Crippen LogP contribution in [0.3, 0.4) is 0 Å². The van der Waals surface area contributed by atoms with Crippen molar-refractivity contribution in [3.8, 4) is 17.6 Å². The van der Waals surface area contributed by atoms with E-state index in [1.165, 1.54) is 19.2 Å². The molecule has 0 spiro atoms. The van der Waals surface area contributed by atoms with E-state index in [-0.39, 0.29) is 6.61 Å². The summed E-state index contributed by atoms with van der Waals surface area (Å²) in [5, 5.41) is 20.4. The summed E-state index contributed by atoms with van der Waals surface area (Å²) >= 11 is 0. The standard InChI is InChI=1S/C16H18N2O5/c1-22-14-7-11(8-17)4-5-13(14)23-9-15(19)18-12(16(20)21)6-10-2-3-10/h4-5,7,10,12H,2-3,6,9H2,1H3,(H,18,19)(H,20,21). The summed E-state index contributed by atoms with van der Waals surface area (Å²) in [5.74, 6) is -0.512. The summed E-state index contributed by atoms with van der Waals surface area (Å²) in [4.78, 5) is 23.0. The van der Waals surface area contributed by atoms with E-state index in [1.54, 1.807) is 6.07 Å². The largest absolute Gasteiger partial charge is 0.493 e. The first-order valence-electron chi connectivity index (χ1n) is 7.26. The van der Waals surface area contributed by atoms with Crippen LogP contribution in [0, 0.1) is 17.2 Å². The normalized spacial score (nSPS) is 14.4. The van der Waals surface area contributed by atoms with Gasteiger partial charge in [0.05, 0.1) is 18.7 Å². The molecule has 23 heavy (non-hydrogen) atoms. The lowest BCUT2D eigenvalue weighted by Gasteiger charge is -2.15. The highest BCUT2D eigenvalue weighted by Crippen LogP contribution is 2.33. The first kappa shape index (κ1) is 16.6. The van der Waals surface area contributed by atoms with Gasteiger partial charge in [-0.2, -0.15) is 5.26 Å². The maximum Gasteiger partial charge on any atom is 0.326 e. The van der Waals surface area contributed by atoms with Crippen molar-refractivity contribution in [3.63, 3.8) is 0 Å². The Morgan fingerprint density at radius 2 is 2.17 bits per heavy atom. The molecule has 122 valence electrons. The Morgan fingerprint density at radius 1 is 1.43 bits per heavy atom. The lowest BCUT2D eigenvalue weighted by Crippen LogP contribution is -2.43. The maximum absolute atomic E-state index is 11.9. The number of ether oxygens (including phenoxy) is 2. The number of nitrogens with one attached hydrogen (secondary N) is 1. The molecule has 1 amide bonds. The van der Waals surface area contributed by atoms with Gasteiger partial charge in [0, 0.05) is 6.07 Å². The van der Waals surface area contributed by atoms with Crippen LogP contribution < -0.4 is 14.8 Å². The number of carbonyl (C=O) groups excluding carboxylic acids is 1. The molecule has 1 aromatic rings. The Hall–Kier alpha value is -2.75. The minimum absolute atomic E-state index is 0.315. The van der Waals surface area contributed by atoms with E-state index in [1.807, 2.05) is 6.07 Å². The molecule has 1 aliphatic rings. The van der Waals surface area contributed by atoms with Crippen LogP contribution in [0.4, 0.5) is 0 Å². The molecule has 0 radical (unpaired) electrons. The van der Waals surface area contributed by atoms with Crippen molar-refractivity contribution < 1.29 is 24.2 Å². The zero-order chi connectivity index (χ0) is 16.8. The second kappa shape index (κ2) is 7.49. The Kier molecular flexibility index (Phi) is 5.41. The summed E-state index contributed by atoms with van der Waals surface area (Å²) in [6, 6.07) is 5.66. The molecular formula is C16H18N2O5. The number of hydrogen-bond acceptors (Lipinski definition) is 5. The zero-order valence-electron chi connectivity index (χ0n) is 12.7. The number of aliphatic carboxylic acids is 1. The molecule has 1 fully saturated rings. The number of rotatable bonds is 8. The van der Waals surface area contributed by atoms with Crippen molar-refractivity contribution in [2.75, 3.05) is 13.7 Å². The highest BCUT2D eigenvalue weighted by atomic mass is 16.5. The molecule has 1 aliphatic carbocycles. The first-order valence-corrected chi connectivity index (χ1v) is 7.26. The van der Waals surface area contributed by atoms with Gasteiger partial charge in [-0.25, -0.2) is 4.79 Å². The second-order valence-corrected chi connectivity index (χ2v) is 5.40. The Morgan fingerprint density at radius 3 is 2.74 bits per heavy atom. The van der Waals surface area contributed by atoms with Gasteiger partial charge in [-0.05, 0) is 24.5 Å². The molecule has 0 bridgehead atoms. The Balaban J connectivity index is 1.90. The Labute approximate surface area is 133 Å². The predicted octanol–water partition coefficient (Wildman–Crippen LogP) is 1.32. The van der Waals surface area contributed by atoms with Crippen molar-refractivity contribution in [2.45, 2.75) is 25.3 Å². The molecule has 1 saturated carbocycles. The highest BCUT2D eigenvalue weighted by molar-refractivity contribution is 5.84. The molecule has 0 aromatic heterocycles. The van der Waals surface area contributed by atoms with Gasteiger partial charge in [0.25, 0.3) is 5.91 Å². The van der Waals surface area contributed by atoms with Gasteiger partial charge in [-0.1, -0.05) is 12.8 Å². The number of benzene rings is 1. The van der Waals surface area contributed by atoms with Crippen LogP contribution in [0.5, 0.6) is 11.5 Å². The minimum Gasteiger partial charge on any atom is -0.493 e. The predicted molar refractivity (Wildman–Crippen MR) is 80.1 cm³/mol.